The Bertz CT molecular complexity index is 353. The highest BCUT2D eigenvalue weighted by molar-refractivity contribution is 5.84. The van der Waals surface area contributed by atoms with Crippen molar-refractivity contribution in [2.45, 2.75) is 56.8 Å². The molecule has 2 aliphatic rings. The summed E-state index contributed by atoms with van der Waals surface area (Å²) in [6, 6.07) is -0.750. The molecule has 0 spiro atoms. The molecule has 1 amide bonds. The lowest BCUT2D eigenvalue weighted by molar-refractivity contribution is -0.148. The molecule has 2 aliphatic heterocycles. The SMILES string of the molecule is COC1CC(C(=O)O)N(C(=O)CCC2CCCCO2)C1. The van der Waals surface area contributed by atoms with Crippen LogP contribution in [0.1, 0.15) is 38.5 Å². The first-order chi connectivity index (χ1) is 9.61. The van der Waals surface area contributed by atoms with E-state index in [9.17, 15) is 14.7 Å². The maximum absolute atomic E-state index is 12.2. The second-order valence-electron chi connectivity index (χ2n) is 5.52. The Kier molecular flexibility index (Phi) is 5.37. The van der Waals surface area contributed by atoms with Crippen molar-refractivity contribution in [3.05, 3.63) is 0 Å². The second-order valence-corrected chi connectivity index (χ2v) is 5.52. The van der Waals surface area contributed by atoms with Crippen molar-refractivity contribution in [2.24, 2.45) is 0 Å². The van der Waals surface area contributed by atoms with Gasteiger partial charge in [0.05, 0.1) is 12.2 Å². The summed E-state index contributed by atoms with van der Waals surface area (Å²) in [5.74, 6) is -1.06. The van der Waals surface area contributed by atoms with Gasteiger partial charge in [0, 0.05) is 33.1 Å². The fourth-order valence-electron chi connectivity index (χ4n) is 2.94. The van der Waals surface area contributed by atoms with Crippen LogP contribution in [-0.2, 0) is 19.1 Å². The van der Waals surface area contributed by atoms with Crippen LogP contribution in [0.5, 0.6) is 0 Å². The Morgan fingerprint density at radius 1 is 1.40 bits per heavy atom. The summed E-state index contributed by atoms with van der Waals surface area (Å²) >= 11 is 0. The van der Waals surface area contributed by atoms with E-state index in [1.807, 2.05) is 0 Å². The van der Waals surface area contributed by atoms with Crippen LogP contribution in [0.15, 0.2) is 0 Å². The molecule has 0 bridgehead atoms. The highest BCUT2D eigenvalue weighted by atomic mass is 16.5. The third-order valence-corrected chi connectivity index (χ3v) is 4.16. The van der Waals surface area contributed by atoms with Gasteiger partial charge in [-0.2, -0.15) is 0 Å². The largest absolute Gasteiger partial charge is 0.480 e. The zero-order valence-electron chi connectivity index (χ0n) is 11.9. The Hall–Kier alpha value is -1.14. The third-order valence-electron chi connectivity index (χ3n) is 4.16. The van der Waals surface area contributed by atoms with Crippen LogP contribution in [0.4, 0.5) is 0 Å². The zero-order chi connectivity index (χ0) is 14.5. The maximum Gasteiger partial charge on any atom is 0.326 e. The number of carbonyl (C=O) groups is 2. The second kappa shape index (κ2) is 7.04. The van der Waals surface area contributed by atoms with Crippen molar-refractivity contribution in [2.75, 3.05) is 20.3 Å². The number of aliphatic carboxylic acids is 1. The highest BCUT2D eigenvalue weighted by Crippen LogP contribution is 2.23. The Labute approximate surface area is 119 Å². The Morgan fingerprint density at radius 2 is 2.20 bits per heavy atom. The normalized spacial score (nSPS) is 30.4. The molecule has 0 saturated carbocycles. The summed E-state index contributed by atoms with van der Waals surface area (Å²) in [7, 11) is 1.55. The van der Waals surface area contributed by atoms with Crippen molar-refractivity contribution in [1.29, 1.82) is 0 Å². The molecule has 6 nitrogen and oxygen atoms in total. The van der Waals surface area contributed by atoms with Crippen molar-refractivity contribution >= 4 is 11.9 Å². The average molecular weight is 285 g/mol. The molecule has 114 valence electrons. The summed E-state index contributed by atoms with van der Waals surface area (Å²) in [4.78, 5) is 24.9. The number of likely N-dealkylation sites (tertiary alicyclic amines) is 1. The summed E-state index contributed by atoms with van der Waals surface area (Å²) in [6.45, 7) is 1.14. The third kappa shape index (κ3) is 3.70. The van der Waals surface area contributed by atoms with E-state index >= 15 is 0 Å². The Morgan fingerprint density at radius 3 is 2.80 bits per heavy atom. The van der Waals surface area contributed by atoms with Crippen LogP contribution >= 0.6 is 0 Å². The number of carbonyl (C=O) groups excluding carboxylic acids is 1. The van der Waals surface area contributed by atoms with Crippen molar-refractivity contribution in [3.8, 4) is 0 Å². The average Bonchev–Trinajstić information content (AvgIpc) is 2.90. The molecule has 2 rings (SSSR count). The molecule has 0 aromatic carbocycles. The maximum atomic E-state index is 12.2. The van der Waals surface area contributed by atoms with Crippen molar-refractivity contribution < 1.29 is 24.2 Å². The van der Waals surface area contributed by atoms with E-state index in [2.05, 4.69) is 0 Å². The summed E-state index contributed by atoms with van der Waals surface area (Å²) < 4.78 is 10.8. The van der Waals surface area contributed by atoms with Gasteiger partial charge in [0.1, 0.15) is 6.04 Å². The van der Waals surface area contributed by atoms with Gasteiger partial charge in [0.2, 0.25) is 5.91 Å². The monoisotopic (exact) mass is 285 g/mol. The number of hydrogen-bond donors (Lipinski definition) is 1. The number of nitrogens with zero attached hydrogens (tertiary/aromatic N) is 1. The van der Waals surface area contributed by atoms with Crippen LogP contribution in [-0.4, -0.2) is 60.4 Å². The molecule has 3 unspecified atom stereocenters. The van der Waals surface area contributed by atoms with Gasteiger partial charge in [0.25, 0.3) is 0 Å². The number of hydrogen-bond acceptors (Lipinski definition) is 4. The van der Waals surface area contributed by atoms with Crippen molar-refractivity contribution in [1.82, 2.24) is 4.90 Å². The number of carboxylic acids is 1. The van der Waals surface area contributed by atoms with E-state index in [0.29, 0.717) is 25.8 Å². The molecule has 20 heavy (non-hydrogen) atoms. The van der Waals surface area contributed by atoms with Crippen LogP contribution in [0, 0.1) is 0 Å². The summed E-state index contributed by atoms with van der Waals surface area (Å²) in [6.07, 6.45) is 4.61. The smallest absolute Gasteiger partial charge is 0.326 e. The number of methoxy groups -OCH3 is 1. The fourth-order valence-corrected chi connectivity index (χ4v) is 2.94. The van der Waals surface area contributed by atoms with Gasteiger partial charge in [-0.3, -0.25) is 4.79 Å². The lowest BCUT2D eigenvalue weighted by atomic mass is 10.0. The van der Waals surface area contributed by atoms with Gasteiger partial charge in [0.15, 0.2) is 0 Å². The molecule has 0 aromatic heterocycles. The molecule has 3 atom stereocenters. The minimum Gasteiger partial charge on any atom is -0.480 e. The molecule has 0 radical (unpaired) electrons. The van der Waals surface area contributed by atoms with E-state index in [1.54, 1.807) is 7.11 Å². The topological polar surface area (TPSA) is 76.1 Å². The molecule has 0 aromatic rings. The molecule has 6 heteroatoms. The van der Waals surface area contributed by atoms with Gasteiger partial charge < -0.3 is 19.5 Å². The van der Waals surface area contributed by atoms with E-state index in [1.165, 1.54) is 4.90 Å². The highest BCUT2D eigenvalue weighted by Gasteiger charge is 2.39. The van der Waals surface area contributed by atoms with Gasteiger partial charge in [-0.15, -0.1) is 0 Å². The number of rotatable bonds is 5. The lowest BCUT2D eigenvalue weighted by Crippen LogP contribution is -2.41. The molecule has 2 fully saturated rings. The van der Waals surface area contributed by atoms with Gasteiger partial charge in [-0.05, 0) is 25.7 Å². The number of amides is 1. The van der Waals surface area contributed by atoms with E-state index in [4.69, 9.17) is 9.47 Å². The first-order valence-electron chi connectivity index (χ1n) is 7.28. The van der Waals surface area contributed by atoms with Gasteiger partial charge in [-0.1, -0.05) is 0 Å². The molecule has 0 aliphatic carbocycles. The summed E-state index contributed by atoms with van der Waals surface area (Å²) in [5.41, 5.74) is 0. The minimum absolute atomic E-state index is 0.105. The zero-order valence-corrected chi connectivity index (χ0v) is 11.9. The quantitative estimate of drug-likeness (QED) is 0.816. The molecule has 1 N–H and O–H groups in total. The van der Waals surface area contributed by atoms with Crippen molar-refractivity contribution in [3.63, 3.8) is 0 Å². The molecular formula is C14H23NO5. The number of carboxylic acid groups (broad SMARTS) is 1. The van der Waals surface area contributed by atoms with Gasteiger partial charge >= 0.3 is 5.97 Å². The first kappa shape index (κ1) is 15.3. The number of ether oxygens (including phenoxy) is 2. The van der Waals surface area contributed by atoms with Crippen LogP contribution < -0.4 is 0 Å². The molecule has 2 saturated heterocycles. The molecular weight excluding hydrogens is 262 g/mol. The summed E-state index contributed by atoms with van der Waals surface area (Å²) in [5, 5.41) is 9.19. The van der Waals surface area contributed by atoms with E-state index in [0.717, 1.165) is 25.9 Å². The lowest BCUT2D eigenvalue weighted by Gasteiger charge is -2.25. The van der Waals surface area contributed by atoms with E-state index < -0.39 is 12.0 Å². The van der Waals surface area contributed by atoms with E-state index in [-0.39, 0.29) is 18.1 Å². The van der Waals surface area contributed by atoms with Crippen LogP contribution in [0.3, 0.4) is 0 Å². The Balaban J connectivity index is 1.85. The minimum atomic E-state index is -0.952. The van der Waals surface area contributed by atoms with Crippen LogP contribution in [0.25, 0.3) is 0 Å². The van der Waals surface area contributed by atoms with Crippen LogP contribution in [0.2, 0.25) is 0 Å². The van der Waals surface area contributed by atoms with Gasteiger partial charge in [-0.25, -0.2) is 4.79 Å². The fraction of sp³-hybridized carbons (Fsp3) is 0.857. The standard InChI is InChI=1S/C14H23NO5/c1-19-11-8-12(14(17)18)15(9-11)13(16)6-5-10-4-2-3-7-20-10/h10-12H,2-9H2,1H3,(H,17,18). The molecule has 2 heterocycles. The predicted octanol–water partition coefficient (Wildman–Crippen LogP) is 1.04. The first-order valence-corrected chi connectivity index (χ1v) is 7.28. The predicted molar refractivity (Wildman–Crippen MR) is 71.4 cm³/mol.